The first-order valence-corrected chi connectivity index (χ1v) is 8.97. The number of carbonyl (C=O) groups is 1. The van der Waals surface area contributed by atoms with Gasteiger partial charge in [-0.1, -0.05) is 11.6 Å². The fraction of sp³-hybridized carbons (Fsp3) is 0.167. The van der Waals surface area contributed by atoms with Gasteiger partial charge in [0.05, 0.1) is 10.6 Å². The Morgan fingerprint density at radius 1 is 1.26 bits per heavy atom. The van der Waals surface area contributed by atoms with Crippen LogP contribution in [0.1, 0.15) is 11.1 Å². The summed E-state index contributed by atoms with van der Waals surface area (Å²) < 4.78 is 51.2. The van der Waals surface area contributed by atoms with Gasteiger partial charge in [0.15, 0.2) is 0 Å². The van der Waals surface area contributed by atoms with Crippen molar-refractivity contribution in [1.82, 2.24) is 0 Å². The number of carboxylic acids is 1. The van der Waals surface area contributed by atoms with Gasteiger partial charge in [0, 0.05) is 15.2 Å². The Kier molecular flexibility index (Phi) is 5.31. The van der Waals surface area contributed by atoms with Crippen molar-refractivity contribution < 1.29 is 32.5 Å². The first-order chi connectivity index (χ1) is 12.6. The second kappa shape index (κ2) is 7.23. The van der Waals surface area contributed by atoms with E-state index in [-0.39, 0.29) is 22.1 Å². The smallest absolute Gasteiger partial charge is 0.430 e. The highest BCUT2D eigenvalue weighted by molar-refractivity contribution is 14.1. The summed E-state index contributed by atoms with van der Waals surface area (Å²) in [6, 6.07) is 7.94. The van der Waals surface area contributed by atoms with Crippen LogP contribution in [0.4, 0.5) is 13.2 Å². The molecule has 1 aliphatic heterocycles. The van der Waals surface area contributed by atoms with Gasteiger partial charge in [0.2, 0.25) is 6.10 Å². The zero-order valence-electron chi connectivity index (χ0n) is 13.6. The van der Waals surface area contributed by atoms with Gasteiger partial charge in [-0.2, -0.15) is 13.2 Å². The molecule has 0 saturated carbocycles. The average Bonchev–Trinajstić information content (AvgIpc) is 2.55. The normalized spacial score (nSPS) is 16.2. The van der Waals surface area contributed by atoms with Gasteiger partial charge in [-0.3, -0.25) is 0 Å². The molecule has 1 unspecified atom stereocenters. The standard InChI is InChI=1S/C18H11ClF3IO4/c1-8-4-10(23)2-3-13(8)26-15-7-14-9(6-12(15)19)5-11(17(24)25)16(27-14)18(20,21)22/h2-7,16H,1H3,(H,24,25). The maximum absolute atomic E-state index is 13.2. The third kappa shape index (κ3) is 4.16. The number of hydrogen-bond donors (Lipinski definition) is 1. The van der Waals surface area contributed by atoms with Crippen LogP contribution in [0.25, 0.3) is 6.08 Å². The summed E-state index contributed by atoms with van der Waals surface area (Å²) in [7, 11) is 0. The summed E-state index contributed by atoms with van der Waals surface area (Å²) in [5.74, 6) is -1.28. The third-order valence-corrected chi connectivity index (χ3v) is 4.77. The van der Waals surface area contributed by atoms with E-state index < -0.39 is 23.8 Å². The lowest BCUT2D eigenvalue weighted by Gasteiger charge is -2.27. The van der Waals surface area contributed by atoms with Gasteiger partial charge in [-0.05, 0) is 65.4 Å². The quantitative estimate of drug-likeness (QED) is 0.528. The molecule has 1 N–H and O–H groups in total. The van der Waals surface area contributed by atoms with E-state index in [4.69, 9.17) is 26.2 Å². The van der Waals surface area contributed by atoms with E-state index in [0.717, 1.165) is 15.2 Å². The van der Waals surface area contributed by atoms with E-state index in [0.29, 0.717) is 5.75 Å². The molecule has 0 aliphatic carbocycles. The van der Waals surface area contributed by atoms with E-state index in [1.54, 1.807) is 6.07 Å². The monoisotopic (exact) mass is 510 g/mol. The number of alkyl halides is 3. The van der Waals surface area contributed by atoms with E-state index in [1.165, 1.54) is 12.1 Å². The molecule has 1 aliphatic rings. The summed E-state index contributed by atoms with van der Waals surface area (Å²) in [5.41, 5.74) is 0.0376. The van der Waals surface area contributed by atoms with Crippen LogP contribution in [0.2, 0.25) is 5.02 Å². The van der Waals surface area contributed by atoms with Gasteiger partial charge in [0.1, 0.15) is 17.2 Å². The lowest BCUT2D eigenvalue weighted by atomic mass is 10.0. The van der Waals surface area contributed by atoms with Crippen LogP contribution in [0.15, 0.2) is 35.9 Å². The second-order valence-electron chi connectivity index (χ2n) is 5.78. The Hall–Kier alpha value is -1.94. The zero-order chi connectivity index (χ0) is 19.9. The SMILES string of the molecule is Cc1cc(I)ccc1Oc1cc2c(cc1Cl)C=C(C(=O)O)C(C(F)(F)F)O2. The van der Waals surface area contributed by atoms with Crippen molar-refractivity contribution in [3.63, 3.8) is 0 Å². The molecular formula is C18H11ClF3IO4. The highest BCUT2D eigenvalue weighted by Crippen LogP contribution is 2.42. The Balaban J connectivity index is 2.02. The molecule has 0 bridgehead atoms. The first-order valence-electron chi connectivity index (χ1n) is 7.52. The number of fused-ring (bicyclic) bond motifs is 1. The van der Waals surface area contributed by atoms with E-state index in [9.17, 15) is 18.0 Å². The Morgan fingerprint density at radius 3 is 2.56 bits per heavy atom. The van der Waals surface area contributed by atoms with Crippen LogP contribution in [0, 0.1) is 10.5 Å². The molecule has 0 aromatic heterocycles. The minimum atomic E-state index is -4.88. The predicted molar refractivity (Wildman–Crippen MR) is 102 cm³/mol. The summed E-state index contributed by atoms with van der Waals surface area (Å²) >= 11 is 8.31. The fourth-order valence-electron chi connectivity index (χ4n) is 2.54. The van der Waals surface area contributed by atoms with Crippen molar-refractivity contribution in [2.75, 3.05) is 0 Å². The van der Waals surface area contributed by atoms with Crippen molar-refractivity contribution >= 4 is 46.2 Å². The molecule has 3 rings (SSSR count). The number of hydrogen-bond acceptors (Lipinski definition) is 3. The van der Waals surface area contributed by atoms with Gasteiger partial charge in [0.25, 0.3) is 0 Å². The number of carboxylic acid groups (broad SMARTS) is 1. The van der Waals surface area contributed by atoms with Crippen molar-refractivity contribution in [3.8, 4) is 17.2 Å². The average molecular weight is 511 g/mol. The van der Waals surface area contributed by atoms with Crippen molar-refractivity contribution in [2.45, 2.75) is 19.2 Å². The predicted octanol–water partition coefficient (Wildman–Crippen LogP) is 5.84. The number of benzene rings is 2. The molecule has 9 heteroatoms. The van der Waals surface area contributed by atoms with Gasteiger partial charge in [-0.25, -0.2) is 4.79 Å². The summed E-state index contributed by atoms with van der Waals surface area (Å²) in [5, 5.41) is 9.18. The Labute approximate surface area is 170 Å². The minimum absolute atomic E-state index is 0.104. The number of rotatable bonds is 3. The summed E-state index contributed by atoms with van der Waals surface area (Å²) in [4.78, 5) is 11.2. The second-order valence-corrected chi connectivity index (χ2v) is 7.43. The van der Waals surface area contributed by atoms with Crippen molar-refractivity contribution in [3.05, 3.63) is 55.6 Å². The van der Waals surface area contributed by atoms with Crippen molar-refractivity contribution in [1.29, 1.82) is 0 Å². The molecule has 2 aromatic carbocycles. The van der Waals surface area contributed by atoms with Crippen LogP contribution in [0.3, 0.4) is 0 Å². The van der Waals surface area contributed by atoms with E-state index in [1.807, 2.05) is 19.1 Å². The number of ether oxygens (including phenoxy) is 2. The molecule has 0 radical (unpaired) electrons. The lowest BCUT2D eigenvalue weighted by Crippen LogP contribution is -2.40. The summed E-state index contributed by atoms with van der Waals surface area (Å²) in [6.45, 7) is 1.82. The Bertz CT molecular complexity index is 956. The van der Waals surface area contributed by atoms with E-state index >= 15 is 0 Å². The maximum Gasteiger partial charge on any atom is 0.430 e. The first kappa shape index (κ1) is 19.8. The van der Waals surface area contributed by atoms with Crippen LogP contribution in [-0.4, -0.2) is 23.4 Å². The molecule has 27 heavy (non-hydrogen) atoms. The third-order valence-electron chi connectivity index (χ3n) is 3.80. The van der Waals surface area contributed by atoms with Crippen molar-refractivity contribution in [2.24, 2.45) is 0 Å². The van der Waals surface area contributed by atoms with E-state index in [2.05, 4.69) is 22.6 Å². The molecule has 4 nitrogen and oxygen atoms in total. The highest BCUT2D eigenvalue weighted by atomic mass is 127. The van der Waals surface area contributed by atoms with Crippen LogP contribution in [0.5, 0.6) is 17.2 Å². The topological polar surface area (TPSA) is 55.8 Å². The maximum atomic E-state index is 13.2. The largest absolute Gasteiger partial charge is 0.478 e. The molecule has 1 heterocycles. The van der Waals surface area contributed by atoms with Gasteiger partial charge < -0.3 is 14.6 Å². The molecule has 0 amide bonds. The zero-order valence-corrected chi connectivity index (χ0v) is 16.5. The summed E-state index contributed by atoms with van der Waals surface area (Å²) in [6.07, 6.45) is -6.54. The minimum Gasteiger partial charge on any atom is -0.478 e. The Morgan fingerprint density at radius 2 is 1.96 bits per heavy atom. The lowest BCUT2D eigenvalue weighted by molar-refractivity contribution is -0.187. The highest BCUT2D eigenvalue weighted by Gasteiger charge is 2.48. The molecule has 0 spiro atoms. The van der Waals surface area contributed by atoms with Crippen LogP contribution < -0.4 is 9.47 Å². The number of halogens is 5. The molecule has 0 saturated heterocycles. The van der Waals surface area contributed by atoms with Gasteiger partial charge in [-0.15, -0.1) is 0 Å². The van der Waals surface area contributed by atoms with Crippen LogP contribution >= 0.6 is 34.2 Å². The number of aryl methyl sites for hydroxylation is 1. The molecule has 142 valence electrons. The molecule has 2 aromatic rings. The van der Waals surface area contributed by atoms with Crippen LogP contribution in [-0.2, 0) is 4.79 Å². The number of aliphatic carboxylic acids is 1. The van der Waals surface area contributed by atoms with Gasteiger partial charge >= 0.3 is 12.1 Å². The fourth-order valence-corrected chi connectivity index (χ4v) is 3.40. The molecule has 0 fully saturated rings. The molecular weight excluding hydrogens is 500 g/mol. The molecule has 1 atom stereocenters.